The molecule has 1 atom stereocenters. The van der Waals surface area contributed by atoms with Gasteiger partial charge >= 0.3 is 5.97 Å². The Kier molecular flexibility index (Phi) is 6.39. The van der Waals surface area contributed by atoms with Crippen LogP contribution in [0.25, 0.3) is 0 Å². The van der Waals surface area contributed by atoms with Crippen molar-refractivity contribution in [1.29, 1.82) is 0 Å². The second kappa shape index (κ2) is 8.96. The summed E-state index contributed by atoms with van der Waals surface area (Å²) in [5.74, 6) is -1.44. The van der Waals surface area contributed by atoms with E-state index in [1.807, 2.05) is 31.2 Å². The number of hydrogen-bond donors (Lipinski definition) is 1. The third-order valence-corrected chi connectivity index (χ3v) is 4.79. The summed E-state index contributed by atoms with van der Waals surface area (Å²) in [5, 5.41) is 3.02. The lowest BCUT2D eigenvalue weighted by Gasteiger charge is -2.17. The van der Waals surface area contributed by atoms with Gasteiger partial charge in [-0.3, -0.25) is 14.4 Å². The lowest BCUT2D eigenvalue weighted by molar-refractivity contribution is -0.151. The number of carbonyl (C=O) groups excluding carboxylic acids is 3. The summed E-state index contributed by atoms with van der Waals surface area (Å²) in [6.07, 6.45) is 0.0521. The average Bonchev–Trinajstić information content (AvgIpc) is 3.08. The Morgan fingerprint density at radius 1 is 1.24 bits per heavy atom. The van der Waals surface area contributed by atoms with E-state index in [4.69, 9.17) is 21.1 Å². The number of halogens is 1. The predicted octanol–water partition coefficient (Wildman–Crippen LogP) is 3.19. The molecule has 1 N–H and O–H groups in total. The SMILES string of the molecule is COc1ccc(Cl)cc1NC(=O)COC(=O)[C@@H]1CC(=O)N(c2cccc(C)c2)C1. The van der Waals surface area contributed by atoms with Crippen LogP contribution in [0.2, 0.25) is 5.02 Å². The van der Waals surface area contributed by atoms with Crippen LogP contribution >= 0.6 is 11.6 Å². The summed E-state index contributed by atoms with van der Waals surface area (Å²) in [5.41, 5.74) is 2.15. The van der Waals surface area contributed by atoms with Crippen LogP contribution in [-0.4, -0.2) is 38.0 Å². The normalized spacial score (nSPS) is 15.9. The second-order valence-corrected chi connectivity index (χ2v) is 7.18. The summed E-state index contributed by atoms with van der Waals surface area (Å²) >= 11 is 5.93. The zero-order valence-electron chi connectivity index (χ0n) is 16.1. The highest BCUT2D eigenvalue weighted by atomic mass is 35.5. The van der Waals surface area contributed by atoms with Crippen molar-refractivity contribution in [2.24, 2.45) is 5.92 Å². The number of carbonyl (C=O) groups is 3. The van der Waals surface area contributed by atoms with Crippen molar-refractivity contribution in [3.8, 4) is 5.75 Å². The minimum Gasteiger partial charge on any atom is -0.495 e. The Labute approximate surface area is 173 Å². The van der Waals surface area contributed by atoms with E-state index in [2.05, 4.69) is 5.32 Å². The summed E-state index contributed by atoms with van der Waals surface area (Å²) in [7, 11) is 1.47. The van der Waals surface area contributed by atoms with Gasteiger partial charge in [0.2, 0.25) is 5.91 Å². The number of aryl methyl sites for hydroxylation is 1. The number of esters is 1. The number of methoxy groups -OCH3 is 1. The molecule has 152 valence electrons. The van der Waals surface area contributed by atoms with Crippen molar-refractivity contribution in [3.63, 3.8) is 0 Å². The van der Waals surface area contributed by atoms with Gasteiger partial charge in [0.1, 0.15) is 5.75 Å². The molecule has 3 rings (SSSR count). The molecule has 29 heavy (non-hydrogen) atoms. The van der Waals surface area contributed by atoms with Crippen molar-refractivity contribution in [3.05, 3.63) is 53.1 Å². The van der Waals surface area contributed by atoms with E-state index in [1.54, 1.807) is 17.0 Å². The van der Waals surface area contributed by atoms with Crippen LogP contribution in [0.4, 0.5) is 11.4 Å². The molecule has 1 aliphatic rings. The molecule has 2 amide bonds. The number of ether oxygens (including phenoxy) is 2. The summed E-state index contributed by atoms with van der Waals surface area (Å²) in [6, 6.07) is 12.3. The molecule has 7 nitrogen and oxygen atoms in total. The maximum absolute atomic E-state index is 12.3. The maximum Gasteiger partial charge on any atom is 0.311 e. The lowest BCUT2D eigenvalue weighted by Crippen LogP contribution is -2.28. The zero-order valence-corrected chi connectivity index (χ0v) is 16.9. The topological polar surface area (TPSA) is 84.9 Å². The van der Waals surface area contributed by atoms with Gasteiger partial charge in [0, 0.05) is 23.7 Å². The summed E-state index contributed by atoms with van der Waals surface area (Å²) in [6.45, 7) is 1.69. The maximum atomic E-state index is 12.3. The molecule has 2 aromatic carbocycles. The number of benzene rings is 2. The third-order valence-electron chi connectivity index (χ3n) is 4.55. The van der Waals surface area contributed by atoms with Crippen molar-refractivity contribution in [2.45, 2.75) is 13.3 Å². The molecule has 0 spiro atoms. The second-order valence-electron chi connectivity index (χ2n) is 6.74. The van der Waals surface area contributed by atoms with Crippen molar-refractivity contribution in [2.75, 3.05) is 30.5 Å². The Hall–Kier alpha value is -3.06. The highest BCUT2D eigenvalue weighted by molar-refractivity contribution is 6.31. The number of nitrogens with zero attached hydrogens (tertiary/aromatic N) is 1. The number of rotatable bonds is 6. The van der Waals surface area contributed by atoms with Crippen LogP contribution in [0.1, 0.15) is 12.0 Å². The largest absolute Gasteiger partial charge is 0.495 e. The minimum atomic E-state index is -0.614. The number of amides is 2. The molecular formula is C21H21ClN2O5. The van der Waals surface area contributed by atoms with Crippen molar-refractivity contribution >= 4 is 40.8 Å². The average molecular weight is 417 g/mol. The van der Waals surface area contributed by atoms with E-state index in [-0.39, 0.29) is 18.9 Å². The quantitative estimate of drug-likeness (QED) is 0.731. The Morgan fingerprint density at radius 3 is 2.76 bits per heavy atom. The van der Waals surface area contributed by atoms with Gasteiger partial charge in [0.15, 0.2) is 6.61 Å². The van der Waals surface area contributed by atoms with E-state index in [0.29, 0.717) is 16.5 Å². The lowest BCUT2D eigenvalue weighted by atomic mass is 10.1. The molecule has 8 heteroatoms. The van der Waals surface area contributed by atoms with Crippen LogP contribution in [0.15, 0.2) is 42.5 Å². The third kappa shape index (κ3) is 5.06. The molecular weight excluding hydrogens is 396 g/mol. The molecule has 1 saturated heterocycles. The smallest absolute Gasteiger partial charge is 0.311 e. The Bertz CT molecular complexity index is 946. The molecule has 2 aromatic rings. The van der Waals surface area contributed by atoms with E-state index >= 15 is 0 Å². The molecule has 0 bridgehead atoms. The van der Waals surface area contributed by atoms with Crippen LogP contribution < -0.4 is 15.0 Å². The van der Waals surface area contributed by atoms with Gasteiger partial charge in [-0.15, -0.1) is 0 Å². The first kappa shape index (κ1) is 20.7. The first-order valence-electron chi connectivity index (χ1n) is 9.04. The van der Waals surface area contributed by atoms with E-state index < -0.39 is 24.4 Å². The number of nitrogens with one attached hydrogen (secondary N) is 1. The van der Waals surface area contributed by atoms with Crippen LogP contribution in [0, 0.1) is 12.8 Å². The van der Waals surface area contributed by atoms with Gasteiger partial charge in [-0.2, -0.15) is 0 Å². The van der Waals surface area contributed by atoms with Gasteiger partial charge in [0.25, 0.3) is 5.91 Å². The van der Waals surface area contributed by atoms with E-state index in [9.17, 15) is 14.4 Å². The highest BCUT2D eigenvalue weighted by Crippen LogP contribution is 2.28. The van der Waals surface area contributed by atoms with Gasteiger partial charge in [-0.1, -0.05) is 23.7 Å². The van der Waals surface area contributed by atoms with Crippen LogP contribution in [0.5, 0.6) is 5.75 Å². The Morgan fingerprint density at radius 2 is 2.03 bits per heavy atom. The predicted molar refractivity (Wildman–Crippen MR) is 109 cm³/mol. The fourth-order valence-electron chi connectivity index (χ4n) is 3.13. The summed E-state index contributed by atoms with van der Waals surface area (Å²) < 4.78 is 10.3. The molecule has 0 unspecified atom stereocenters. The van der Waals surface area contributed by atoms with E-state index in [0.717, 1.165) is 11.3 Å². The highest BCUT2D eigenvalue weighted by Gasteiger charge is 2.36. The standard InChI is InChI=1S/C21H21ClN2O5/c1-13-4-3-5-16(8-13)24-11-14(9-20(24)26)21(27)29-12-19(25)23-17-10-15(22)6-7-18(17)28-2/h3-8,10,14H,9,11-12H2,1-2H3,(H,23,25)/t14-/m1/s1. The fourth-order valence-corrected chi connectivity index (χ4v) is 3.30. The molecule has 0 radical (unpaired) electrons. The molecule has 0 aliphatic carbocycles. The Balaban J connectivity index is 1.55. The molecule has 0 saturated carbocycles. The minimum absolute atomic E-state index is 0.0521. The van der Waals surface area contributed by atoms with Crippen molar-refractivity contribution < 1.29 is 23.9 Å². The van der Waals surface area contributed by atoms with Crippen LogP contribution in [-0.2, 0) is 19.1 Å². The molecule has 0 aromatic heterocycles. The van der Waals surface area contributed by atoms with Gasteiger partial charge in [-0.05, 0) is 42.8 Å². The van der Waals surface area contributed by atoms with E-state index in [1.165, 1.54) is 13.2 Å². The summed E-state index contributed by atoms with van der Waals surface area (Å²) in [4.78, 5) is 38.3. The first-order chi connectivity index (χ1) is 13.9. The molecule has 1 heterocycles. The number of anilines is 2. The number of hydrogen-bond acceptors (Lipinski definition) is 5. The molecule has 1 fully saturated rings. The van der Waals surface area contributed by atoms with Crippen molar-refractivity contribution in [1.82, 2.24) is 0 Å². The van der Waals surface area contributed by atoms with Gasteiger partial charge in [0.05, 0.1) is 18.7 Å². The zero-order chi connectivity index (χ0) is 21.0. The van der Waals surface area contributed by atoms with Gasteiger partial charge < -0.3 is 19.7 Å². The monoisotopic (exact) mass is 416 g/mol. The first-order valence-corrected chi connectivity index (χ1v) is 9.42. The van der Waals surface area contributed by atoms with Crippen LogP contribution in [0.3, 0.4) is 0 Å². The fraction of sp³-hybridized carbons (Fsp3) is 0.286. The molecule has 1 aliphatic heterocycles. The van der Waals surface area contributed by atoms with Gasteiger partial charge in [-0.25, -0.2) is 0 Å².